The van der Waals surface area contributed by atoms with Gasteiger partial charge in [-0.05, 0) is 12.3 Å². The molecule has 0 radical (unpaired) electrons. The first kappa shape index (κ1) is 12.0. The van der Waals surface area contributed by atoms with Crippen molar-refractivity contribution in [2.75, 3.05) is 6.61 Å². The van der Waals surface area contributed by atoms with Gasteiger partial charge >= 0.3 is 0 Å². The SMILES string of the molecule is CCCCC[C@H](CCC)CCO. The number of rotatable bonds is 8. The second-order valence-corrected chi connectivity index (χ2v) is 3.66. The minimum Gasteiger partial charge on any atom is -0.396 e. The zero-order valence-corrected chi connectivity index (χ0v) is 8.68. The van der Waals surface area contributed by atoms with Crippen molar-refractivity contribution in [1.29, 1.82) is 0 Å². The van der Waals surface area contributed by atoms with E-state index in [0.29, 0.717) is 6.61 Å². The molecule has 74 valence electrons. The van der Waals surface area contributed by atoms with Gasteiger partial charge in [-0.15, -0.1) is 0 Å². The number of hydrogen-bond donors (Lipinski definition) is 1. The summed E-state index contributed by atoms with van der Waals surface area (Å²) in [7, 11) is 0. The maximum Gasteiger partial charge on any atom is 0.0433 e. The van der Waals surface area contributed by atoms with Gasteiger partial charge in [-0.3, -0.25) is 0 Å². The Morgan fingerprint density at radius 1 is 0.917 bits per heavy atom. The minimum atomic E-state index is 0.372. The number of unbranched alkanes of at least 4 members (excludes halogenated alkanes) is 2. The van der Waals surface area contributed by atoms with Gasteiger partial charge in [0.25, 0.3) is 0 Å². The fraction of sp³-hybridized carbons (Fsp3) is 1.00. The third-order valence-electron chi connectivity index (χ3n) is 2.45. The zero-order chi connectivity index (χ0) is 9.23. The summed E-state index contributed by atoms with van der Waals surface area (Å²) >= 11 is 0. The van der Waals surface area contributed by atoms with Crippen molar-refractivity contribution in [3.05, 3.63) is 0 Å². The number of aliphatic hydroxyl groups excluding tert-OH is 1. The van der Waals surface area contributed by atoms with Gasteiger partial charge in [-0.25, -0.2) is 0 Å². The Hall–Kier alpha value is -0.0400. The van der Waals surface area contributed by atoms with Crippen LogP contribution in [0.2, 0.25) is 0 Å². The van der Waals surface area contributed by atoms with Gasteiger partial charge in [0.2, 0.25) is 0 Å². The molecule has 0 bridgehead atoms. The summed E-state index contributed by atoms with van der Waals surface area (Å²) in [6.45, 7) is 4.84. The highest BCUT2D eigenvalue weighted by Crippen LogP contribution is 2.18. The van der Waals surface area contributed by atoms with Crippen LogP contribution < -0.4 is 0 Å². The van der Waals surface area contributed by atoms with Crippen LogP contribution in [0.15, 0.2) is 0 Å². The van der Waals surface area contributed by atoms with E-state index in [1.54, 1.807) is 0 Å². The van der Waals surface area contributed by atoms with E-state index < -0.39 is 0 Å². The maximum absolute atomic E-state index is 8.82. The van der Waals surface area contributed by atoms with E-state index in [1.807, 2.05) is 0 Å². The first-order chi connectivity index (χ1) is 5.85. The molecule has 0 aliphatic heterocycles. The summed E-state index contributed by atoms with van der Waals surface area (Å²) in [6.07, 6.45) is 8.89. The molecule has 0 aromatic rings. The molecule has 12 heavy (non-hydrogen) atoms. The van der Waals surface area contributed by atoms with Crippen molar-refractivity contribution in [2.24, 2.45) is 5.92 Å². The van der Waals surface area contributed by atoms with Crippen molar-refractivity contribution in [3.8, 4) is 0 Å². The van der Waals surface area contributed by atoms with Gasteiger partial charge in [0.1, 0.15) is 0 Å². The summed E-state index contributed by atoms with van der Waals surface area (Å²) in [5, 5.41) is 8.82. The van der Waals surface area contributed by atoms with Gasteiger partial charge in [-0.2, -0.15) is 0 Å². The van der Waals surface area contributed by atoms with E-state index >= 15 is 0 Å². The fourth-order valence-electron chi connectivity index (χ4n) is 1.71. The minimum absolute atomic E-state index is 0.372. The average molecular weight is 172 g/mol. The molecule has 0 spiro atoms. The van der Waals surface area contributed by atoms with Gasteiger partial charge in [0.05, 0.1) is 0 Å². The highest BCUT2D eigenvalue weighted by Gasteiger charge is 2.05. The molecule has 0 unspecified atom stereocenters. The summed E-state index contributed by atoms with van der Waals surface area (Å²) in [5.74, 6) is 0.784. The van der Waals surface area contributed by atoms with Crippen LogP contribution in [0.4, 0.5) is 0 Å². The normalized spacial score (nSPS) is 13.2. The quantitative estimate of drug-likeness (QED) is 0.557. The van der Waals surface area contributed by atoms with Crippen molar-refractivity contribution in [3.63, 3.8) is 0 Å². The Labute approximate surface area is 77.2 Å². The lowest BCUT2D eigenvalue weighted by molar-refractivity contribution is 0.243. The van der Waals surface area contributed by atoms with Crippen molar-refractivity contribution < 1.29 is 5.11 Å². The maximum atomic E-state index is 8.82. The van der Waals surface area contributed by atoms with Gasteiger partial charge in [-0.1, -0.05) is 52.4 Å². The molecule has 0 saturated carbocycles. The fourth-order valence-corrected chi connectivity index (χ4v) is 1.71. The van der Waals surface area contributed by atoms with Crippen molar-refractivity contribution in [2.45, 2.75) is 58.8 Å². The summed E-state index contributed by atoms with van der Waals surface area (Å²) in [5.41, 5.74) is 0. The highest BCUT2D eigenvalue weighted by molar-refractivity contribution is 4.58. The predicted molar refractivity (Wildman–Crippen MR) is 54.2 cm³/mol. The summed E-state index contributed by atoms with van der Waals surface area (Å²) in [6, 6.07) is 0. The van der Waals surface area contributed by atoms with E-state index in [1.165, 1.54) is 38.5 Å². The number of hydrogen-bond acceptors (Lipinski definition) is 1. The zero-order valence-electron chi connectivity index (χ0n) is 8.68. The molecular weight excluding hydrogens is 148 g/mol. The second kappa shape index (κ2) is 9.05. The Balaban J connectivity index is 3.34. The van der Waals surface area contributed by atoms with Gasteiger partial charge < -0.3 is 5.11 Å². The first-order valence-electron chi connectivity index (χ1n) is 5.46. The molecule has 1 nitrogen and oxygen atoms in total. The third kappa shape index (κ3) is 6.66. The first-order valence-corrected chi connectivity index (χ1v) is 5.46. The lowest BCUT2D eigenvalue weighted by atomic mass is 9.94. The lowest BCUT2D eigenvalue weighted by Gasteiger charge is -2.13. The lowest BCUT2D eigenvalue weighted by Crippen LogP contribution is -2.02. The van der Waals surface area contributed by atoms with Crippen LogP contribution in [0.1, 0.15) is 58.8 Å². The smallest absolute Gasteiger partial charge is 0.0433 e. The average Bonchev–Trinajstić information content (AvgIpc) is 2.06. The Bertz CT molecular complexity index is 75.1. The predicted octanol–water partition coefficient (Wildman–Crippen LogP) is 3.37. The molecule has 1 N–H and O–H groups in total. The van der Waals surface area contributed by atoms with E-state index in [4.69, 9.17) is 5.11 Å². The van der Waals surface area contributed by atoms with Crippen LogP contribution in [0, 0.1) is 5.92 Å². The molecule has 0 heterocycles. The molecule has 0 amide bonds. The van der Waals surface area contributed by atoms with E-state index in [2.05, 4.69) is 13.8 Å². The van der Waals surface area contributed by atoms with Crippen LogP contribution in [0.25, 0.3) is 0 Å². The molecule has 1 atom stereocenters. The summed E-state index contributed by atoms with van der Waals surface area (Å²) < 4.78 is 0. The summed E-state index contributed by atoms with van der Waals surface area (Å²) in [4.78, 5) is 0. The molecule has 0 saturated heterocycles. The Morgan fingerprint density at radius 3 is 2.17 bits per heavy atom. The monoisotopic (exact) mass is 172 g/mol. The van der Waals surface area contributed by atoms with E-state index in [9.17, 15) is 0 Å². The second-order valence-electron chi connectivity index (χ2n) is 3.66. The molecule has 1 heteroatoms. The molecule has 0 aromatic heterocycles. The van der Waals surface area contributed by atoms with Crippen LogP contribution in [0.5, 0.6) is 0 Å². The third-order valence-corrected chi connectivity index (χ3v) is 2.45. The molecule has 0 fully saturated rings. The van der Waals surface area contributed by atoms with E-state index in [-0.39, 0.29) is 0 Å². The van der Waals surface area contributed by atoms with Crippen molar-refractivity contribution in [1.82, 2.24) is 0 Å². The molecule has 0 rings (SSSR count). The van der Waals surface area contributed by atoms with E-state index in [0.717, 1.165) is 12.3 Å². The standard InChI is InChI=1S/C11H24O/c1-3-5-6-8-11(7-4-2)9-10-12/h11-12H,3-10H2,1-2H3/t11-/m0/s1. The van der Waals surface area contributed by atoms with Crippen LogP contribution in [0.3, 0.4) is 0 Å². The van der Waals surface area contributed by atoms with Gasteiger partial charge in [0.15, 0.2) is 0 Å². The molecule has 0 aromatic carbocycles. The Kier molecular flexibility index (Phi) is 9.02. The Morgan fingerprint density at radius 2 is 1.67 bits per heavy atom. The highest BCUT2D eigenvalue weighted by atomic mass is 16.3. The number of aliphatic hydroxyl groups is 1. The molecule has 0 aliphatic rings. The van der Waals surface area contributed by atoms with Crippen LogP contribution in [-0.4, -0.2) is 11.7 Å². The van der Waals surface area contributed by atoms with Crippen LogP contribution >= 0.6 is 0 Å². The van der Waals surface area contributed by atoms with Crippen LogP contribution in [-0.2, 0) is 0 Å². The van der Waals surface area contributed by atoms with Gasteiger partial charge in [0, 0.05) is 6.61 Å². The topological polar surface area (TPSA) is 20.2 Å². The molecule has 0 aliphatic carbocycles. The molecular formula is C11H24O. The van der Waals surface area contributed by atoms with Crippen molar-refractivity contribution >= 4 is 0 Å². The largest absolute Gasteiger partial charge is 0.396 e.